The van der Waals surface area contributed by atoms with Crippen molar-refractivity contribution in [3.05, 3.63) is 71.1 Å². The van der Waals surface area contributed by atoms with Crippen LogP contribution in [0.4, 0.5) is 4.39 Å². The Bertz CT molecular complexity index is 861. The van der Waals surface area contributed by atoms with Crippen molar-refractivity contribution in [2.75, 3.05) is 0 Å². The molecule has 3 aromatic rings. The number of carboxylic acid groups (broad SMARTS) is 1. The molecule has 0 bridgehead atoms. The highest BCUT2D eigenvalue weighted by Gasteiger charge is 2.19. The number of nitrogens with zero attached hydrogens (tertiary/aromatic N) is 2. The Morgan fingerprint density at radius 1 is 1.14 bits per heavy atom. The Kier molecular flexibility index (Phi) is 3.65. The van der Waals surface area contributed by atoms with Crippen LogP contribution in [0.3, 0.4) is 0 Å². The first-order chi connectivity index (χ1) is 10.6. The minimum Gasteiger partial charge on any atom is -0.477 e. The average Bonchev–Trinajstić information content (AvgIpc) is 2.93. The molecule has 0 aliphatic carbocycles. The molecular formula is C16H10ClFN2O2. The van der Waals surface area contributed by atoms with E-state index >= 15 is 0 Å². The maximum atomic E-state index is 13.9. The molecule has 0 radical (unpaired) electrons. The lowest BCUT2D eigenvalue weighted by atomic mass is 10.1. The van der Waals surface area contributed by atoms with Crippen molar-refractivity contribution >= 4 is 17.6 Å². The summed E-state index contributed by atoms with van der Waals surface area (Å²) < 4.78 is 15.1. The van der Waals surface area contributed by atoms with Gasteiger partial charge in [-0.2, -0.15) is 5.10 Å². The first kappa shape index (κ1) is 14.3. The normalized spacial score (nSPS) is 10.6. The van der Waals surface area contributed by atoms with Crippen LogP contribution in [0.2, 0.25) is 5.02 Å². The van der Waals surface area contributed by atoms with Crippen molar-refractivity contribution in [1.82, 2.24) is 9.78 Å². The highest BCUT2D eigenvalue weighted by molar-refractivity contribution is 6.32. The lowest BCUT2D eigenvalue weighted by molar-refractivity contribution is 0.0687. The number of benzene rings is 2. The zero-order valence-electron chi connectivity index (χ0n) is 11.2. The van der Waals surface area contributed by atoms with Crippen molar-refractivity contribution in [2.24, 2.45) is 0 Å². The van der Waals surface area contributed by atoms with Gasteiger partial charge in [0.1, 0.15) is 5.82 Å². The van der Waals surface area contributed by atoms with Crippen LogP contribution in [0, 0.1) is 5.82 Å². The van der Waals surface area contributed by atoms with E-state index in [0.717, 1.165) is 0 Å². The Balaban J connectivity index is 2.22. The van der Waals surface area contributed by atoms with Gasteiger partial charge >= 0.3 is 5.97 Å². The summed E-state index contributed by atoms with van der Waals surface area (Å²) in [6.45, 7) is 0. The molecule has 0 fully saturated rings. The van der Waals surface area contributed by atoms with Gasteiger partial charge in [0.15, 0.2) is 5.69 Å². The van der Waals surface area contributed by atoms with Crippen LogP contribution in [0.5, 0.6) is 0 Å². The lowest BCUT2D eigenvalue weighted by Gasteiger charge is -2.06. The van der Waals surface area contributed by atoms with Crippen LogP contribution in [0.1, 0.15) is 10.5 Å². The average molecular weight is 317 g/mol. The van der Waals surface area contributed by atoms with Gasteiger partial charge in [-0.25, -0.2) is 13.9 Å². The van der Waals surface area contributed by atoms with Gasteiger partial charge in [0.25, 0.3) is 0 Å². The van der Waals surface area contributed by atoms with Crippen LogP contribution in [-0.2, 0) is 0 Å². The maximum absolute atomic E-state index is 13.9. The number of hydrogen-bond donors (Lipinski definition) is 1. The molecule has 0 saturated carbocycles. The minimum absolute atomic E-state index is 0.0913. The molecule has 0 amide bonds. The Labute approximate surface area is 130 Å². The van der Waals surface area contributed by atoms with E-state index in [0.29, 0.717) is 10.7 Å². The molecule has 0 aliphatic heterocycles. The molecule has 0 spiro atoms. The van der Waals surface area contributed by atoms with E-state index in [1.54, 1.807) is 42.5 Å². The molecule has 2 aromatic carbocycles. The summed E-state index contributed by atoms with van der Waals surface area (Å²) in [6.07, 6.45) is 0. The molecule has 110 valence electrons. The third kappa shape index (κ3) is 2.46. The van der Waals surface area contributed by atoms with E-state index < -0.39 is 11.8 Å². The Morgan fingerprint density at radius 3 is 2.50 bits per heavy atom. The standard InChI is InChI=1S/C16H10ClFN2O2/c17-11-6-2-4-8-14(11)20-15(16(21)22)9-13(19-20)10-5-1-3-7-12(10)18/h1-9H,(H,21,22). The third-order valence-electron chi connectivity index (χ3n) is 3.16. The van der Waals surface area contributed by atoms with E-state index in [4.69, 9.17) is 11.6 Å². The predicted octanol–water partition coefficient (Wildman–Crippen LogP) is 4.03. The van der Waals surface area contributed by atoms with E-state index in [-0.39, 0.29) is 17.0 Å². The van der Waals surface area contributed by atoms with Crippen LogP contribution in [0.25, 0.3) is 16.9 Å². The molecule has 0 unspecified atom stereocenters. The van der Waals surface area contributed by atoms with E-state index in [2.05, 4.69) is 5.10 Å². The summed E-state index contributed by atoms with van der Waals surface area (Å²) in [6, 6.07) is 14.1. The molecule has 4 nitrogen and oxygen atoms in total. The number of aromatic carboxylic acids is 1. The van der Waals surface area contributed by atoms with Crippen LogP contribution in [-0.4, -0.2) is 20.9 Å². The van der Waals surface area contributed by atoms with Gasteiger partial charge in [-0.05, 0) is 30.3 Å². The molecule has 1 aromatic heterocycles. The van der Waals surface area contributed by atoms with Crippen molar-refractivity contribution in [3.8, 4) is 16.9 Å². The summed E-state index contributed by atoms with van der Waals surface area (Å²) in [5.41, 5.74) is 0.793. The van der Waals surface area contributed by atoms with E-state index in [9.17, 15) is 14.3 Å². The first-order valence-corrected chi connectivity index (χ1v) is 6.79. The third-order valence-corrected chi connectivity index (χ3v) is 3.48. The van der Waals surface area contributed by atoms with Gasteiger partial charge in [-0.1, -0.05) is 35.9 Å². The predicted molar refractivity (Wildman–Crippen MR) is 80.9 cm³/mol. The fourth-order valence-electron chi connectivity index (χ4n) is 2.14. The number of carbonyl (C=O) groups is 1. The maximum Gasteiger partial charge on any atom is 0.354 e. The number of carboxylic acids is 1. The van der Waals surface area contributed by atoms with E-state index in [1.807, 2.05) is 0 Å². The summed E-state index contributed by atoms with van der Waals surface area (Å²) in [5.74, 6) is -1.64. The van der Waals surface area contributed by atoms with Gasteiger partial charge in [-0.3, -0.25) is 0 Å². The summed E-state index contributed by atoms with van der Waals surface area (Å²) in [5, 5.41) is 13.9. The van der Waals surface area contributed by atoms with Gasteiger partial charge < -0.3 is 5.11 Å². The summed E-state index contributed by atoms with van der Waals surface area (Å²) >= 11 is 6.09. The van der Waals surface area contributed by atoms with Crippen LogP contribution in [0.15, 0.2) is 54.6 Å². The van der Waals surface area contributed by atoms with Crippen LogP contribution >= 0.6 is 11.6 Å². The van der Waals surface area contributed by atoms with Gasteiger partial charge in [0, 0.05) is 5.56 Å². The fourth-order valence-corrected chi connectivity index (χ4v) is 2.36. The van der Waals surface area contributed by atoms with Crippen molar-refractivity contribution < 1.29 is 14.3 Å². The Hall–Kier alpha value is -2.66. The number of para-hydroxylation sites is 1. The quantitative estimate of drug-likeness (QED) is 0.793. The number of aromatic nitrogens is 2. The SMILES string of the molecule is O=C(O)c1cc(-c2ccccc2F)nn1-c1ccccc1Cl. The fraction of sp³-hybridized carbons (Fsp3) is 0. The zero-order chi connectivity index (χ0) is 15.7. The largest absolute Gasteiger partial charge is 0.477 e. The highest BCUT2D eigenvalue weighted by Crippen LogP contribution is 2.26. The van der Waals surface area contributed by atoms with Gasteiger partial charge in [0.2, 0.25) is 0 Å². The highest BCUT2D eigenvalue weighted by atomic mass is 35.5. The topological polar surface area (TPSA) is 55.1 Å². The molecule has 0 atom stereocenters. The van der Waals surface area contributed by atoms with E-state index in [1.165, 1.54) is 16.8 Å². The molecule has 22 heavy (non-hydrogen) atoms. The molecule has 0 aliphatic rings. The van der Waals surface area contributed by atoms with Gasteiger partial charge in [-0.15, -0.1) is 0 Å². The van der Waals surface area contributed by atoms with Crippen molar-refractivity contribution in [2.45, 2.75) is 0 Å². The van der Waals surface area contributed by atoms with Gasteiger partial charge in [0.05, 0.1) is 16.4 Å². The van der Waals surface area contributed by atoms with Crippen LogP contribution < -0.4 is 0 Å². The minimum atomic E-state index is -1.17. The zero-order valence-corrected chi connectivity index (χ0v) is 12.0. The smallest absolute Gasteiger partial charge is 0.354 e. The Morgan fingerprint density at radius 2 is 1.82 bits per heavy atom. The number of rotatable bonds is 3. The monoisotopic (exact) mass is 316 g/mol. The van der Waals surface area contributed by atoms with Crippen molar-refractivity contribution in [1.29, 1.82) is 0 Å². The molecule has 1 heterocycles. The molecule has 6 heteroatoms. The number of hydrogen-bond acceptors (Lipinski definition) is 2. The first-order valence-electron chi connectivity index (χ1n) is 6.41. The second-order valence-electron chi connectivity index (χ2n) is 4.56. The summed E-state index contributed by atoms with van der Waals surface area (Å²) in [4.78, 5) is 11.4. The lowest BCUT2D eigenvalue weighted by Crippen LogP contribution is -2.08. The summed E-state index contributed by atoms with van der Waals surface area (Å²) in [7, 11) is 0. The molecule has 1 N–H and O–H groups in total. The van der Waals surface area contributed by atoms with Crippen molar-refractivity contribution in [3.63, 3.8) is 0 Å². The number of halogens is 2. The second-order valence-corrected chi connectivity index (χ2v) is 4.97. The molecule has 0 saturated heterocycles. The molecular weight excluding hydrogens is 307 g/mol. The molecule has 3 rings (SSSR count). The second kappa shape index (κ2) is 5.61.